The molecule has 19 heavy (non-hydrogen) atoms. The van der Waals surface area contributed by atoms with E-state index in [-0.39, 0.29) is 12.1 Å². The van der Waals surface area contributed by atoms with Gasteiger partial charge >= 0.3 is 0 Å². The molecule has 1 aromatic heterocycles. The lowest BCUT2D eigenvalue weighted by molar-refractivity contribution is 0.0373. The van der Waals surface area contributed by atoms with Crippen LogP contribution in [-0.4, -0.2) is 27.2 Å². The van der Waals surface area contributed by atoms with Crippen molar-refractivity contribution in [3.63, 3.8) is 0 Å². The first kappa shape index (κ1) is 13.9. The minimum absolute atomic E-state index is 0.107. The van der Waals surface area contributed by atoms with Gasteiger partial charge in [0.1, 0.15) is 0 Å². The monoisotopic (exact) mass is 260 g/mol. The molecule has 4 N–H and O–H groups in total. The molecule has 0 radical (unpaired) electrons. The van der Waals surface area contributed by atoms with E-state index in [1.165, 1.54) is 0 Å². The average molecular weight is 260 g/mol. The molecule has 5 nitrogen and oxygen atoms in total. The molecule has 0 amide bonds. The number of fused-ring (bicyclic) bond motifs is 1. The predicted octanol–water partition coefficient (Wildman–Crippen LogP) is 1.12. The summed E-state index contributed by atoms with van der Waals surface area (Å²) < 4.78 is 0. The van der Waals surface area contributed by atoms with Gasteiger partial charge in [-0.25, -0.2) is 0 Å². The number of hydrogen-bond acceptors (Lipinski definition) is 5. The first-order chi connectivity index (χ1) is 8.78. The maximum absolute atomic E-state index is 10.4. The second-order valence-corrected chi connectivity index (χ2v) is 5.79. The van der Waals surface area contributed by atoms with Gasteiger partial charge in [0.15, 0.2) is 5.72 Å². The second kappa shape index (κ2) is 4.85. The zero-order valence-corrected chi connectivity index (χ0v) is 11.5. The molecule has 0 aliphatic heterocycles. The molecule has 0 spiro atoms. The summed E-state index contributed by atoms with van der Waals surface area (Å²) in [5.41, 5.74) is 6.57. The van der Waals surface area contributed by atoms with E-state index in [1.807, 2.05) is 26.8 Å². The van der Waals surface area contributed by atoms with Crippen molar-refractivity contribution in [1.29, 1.82) is 0 Å². The standard InChI is InChI=1S/C14H20N4O/c1-13(2,3)18-9-14(15,19)10-4-5-11-12(8-10)17-7-6-16-11/h4-8,18-19H,9,15H2,1-3H3/t14-/m1/s1. The zero-order chi connectivity index (χ0) is 14.1. The van der Waals surface area contributed by atoms with Crippen LogP contribution in [0.15, 0.2) is 30.6 Å². The Labute approximate surface area is 112 Å². The third kappa shape index (κ3) is 3.47. The summed E-state index contributed by atoms with van der Waals surface area (Å²) in [5, 5.41) is 13.6. The fourth-order valence-electron chi connectivity index (χ4n) is 1.73. The van der Waals surface area contributed by atoms with Crippen LogP contribution in [-0.2, 0) is 5.72 Å². The summed E-state index contributed by atoms with van der Waals surface area (Å²) in [6, 6.07) is 5.36. The molecule has 0 bridgehead atoms. The van der Waals surface area contributed by atoms with Gasteiger partial charge in [-0.1, -0.05) is 6.07 Å². The molecule has 0 saturated carbocycles. The third-order valence-electron chi connectivity index (χ3n) is 2.86. The Hall–Kier alpha value is -1.56. The van der Waals surface area contributed by atoms with Crippen LogP contribution in [0.5, 0.6) is 0 Å². The highest BCUT2D eigenvalue weighted by molar-refractivity contribution is 5.74. The van der Waals surface area contributed by atoms with Crippen LogP contribution < -0.4 is 11.1 Å². The van der Waals surface area contributed by atoms with Gasteiger partial charge in [0.25, 0.3) is 0 Å². The van der Waals surface area contributed by atoms with E-state index >= 15 is 0 Å². The molecule has 102 valence electrons. The van der Waals surface area contributed by atoms with Crippen LogP contribution in [0.4, 0.5) is 0 Å². The molecule has 0 fully saturated rings. The van der Waals surface area contributed by atoms with Gasteiger partial charge in [-0.3, -0.25) is 15.7 Å². The fraction of sp³-hybridized carbons (Fsp3) is 0.429. The van der Waals surface area contributed by atoms with E-state index in [4.69, 9.17) is 5.73 Å². The first-order valence-corrected chi connectivity index (χ1v) is 6.25. The van der Waals surface area contributed by atoms with Crippen molar-refractivity contribution in [2.24, 2.45) is 5.73 Å². The smallest absolute Gasteiger partial charge is 0.152 e. The molecule has 2 rings (SSSR count). The third-order valence-corrected chi connectivity index (χ3v) is 2.86. The van der Waals surface area contributed by atoms with Crippen LogP contribution in [0, 0.1) is 0 Å². The maximum Gasteiger partial charge on any atom is 0.152 e. The van der Waals surface area contributed by atoms with Crippen molar-refractivity contribution in [2.45, 2.75) is 32.0 Å². The molecule has 0 aliphatic rings. The Morgan fingerprint density at radius 2 is 1.79 bits per heavy atom. The molecule has 5 heteroatoms. The Bertz CT molecular complexity index is 575. The lowest BCUT2D eigenvalue weighted by atomic mass is 10.0. The highest BCUT2D eigenvalue weighted by Crippen LogP contribution is 2.19. The Balaban J connectivity index is 2.27. The van der Waals surface area contributed by atoms with Gasteiger partial charge in [0, 0.05) is 30.0 Å². The highest BCUT2D eigenvalue weighted by Gasteiger charge is 2.26. The summed E-state index contributed by atoms with van der Waals surface area (Å²) in [6.07, 6.45) is 3.26. The van der Waals surface area contributed by atoms with Gasteiger partial charge in [-0.05, 0) is 32.9 Å². The largest absolute Gasteiger partial charge is 0.370 e. The number of rotatable bonds is 3. The van der Waals surface area contributed by atoms with Crippen LogP contribution in [0.3, 0.4) is 0 Å². The Morgan fingerprint density at radius 3 is 2.42 bits per heavy atom. The minimum Gasteiger partial charge on any atom is -0.370 e. The van der Waals surface area contributed by atoms with Gasteiger partial charge in [0.2, 0.25) is 0 Å². The van der Waals surface area contributed by atoms with Crippen molar-refractivity contribution in [3.05, 3.63) is 36.2 Å². The molecule has 0 unspecified atom stereocenters. The first-order valence-electron chi connectivity index (χ1n) is 6.25. The molecular weight excluding hydrogens is 240 g/mol. The van der Waals surface area contributed by atoms with Crippen LogP contribution >= 0.6 is 0 Å². The van der Waals surface area contributed by atoms with Gasteiger partial charge in [-0.2, -0.15) is 0 Å². The van der Waals surface area contributed by atoms with Gasteiger partial charge in [-0.15, -0.1) is 0 Å². The molecule has 1 aromatic carbocycles. The minimum atomic E-state index is -1.43. The summed E-state index contributed by atoms with van der Waals surface area (Å²) in [7, 11) is 0. The van der Waals surface area contributed by atoms with Crippen LogP contribution in [0.1, 0.15) is 26.3 Å². The quantitative estimate of drug-likeness (QED) is 0.720. The topological polar surface area (TPSA) is 84.1 Å². The number of aliphatic hydroxyl groups is 1. The van der Waals surface area contributed by atoms with Crippen LogP contribution in [0.25, 0.3) is 11.0 Å². The summed E-state index contributed by atoms with van der Waals surface area (Å²) in [6.45, 7) is 6.33. The number of hydrogen-bond donors (Lipinski definition) is 3. The SMILES string of the molecule is CC(C)(C)NC[C@@](N)(O)c1ccc2nccnc2c1. The van der Waals surface area contributed by atoms with Crippen molar-refractivity contribution in [2.75, 3.05) is 6.54 Å². The zero-order valence-electron chi connectivity index (χ0n) is 11.5. The molecule has 2 aromatic rings. The summed E-state index contributed by atoms with van der Waals surface area (Å²) in [4.78, 5) is 8.40. The van der Waals surface area contributed by atoms with E-state index in [2.05, 4.69) is 15.3 Å². The van der Waals surface area contributed by atoms with Crippen molar-refractivity contribution in [3.8, 4) is 0 Å². The maximum atomic E-state index is 10.4. The molecule has 1 heterocycles. The predicted molar refractivity (Wildman–Crippen MR) is 75.4 cm³/mol. The molecule has 1 atom stereocenters. The van der Waals surface area contributed by atoms with Crippen LogP contribution in [0.2, 0.25) is 0 Å². The number of benzene rings is 1. The lowest BCUT2D eigenvalue weighted by Gasteiger charge is -2.29. The molecule has 0 saturated heterocycles. The summed E-state index contributed by atoms with van der Waals surface area (Å²) in [5.74, 6) is 0. The summed E-state index contributed by atoms with van der Waals surface area (Å²) >= 11 is 0. The highest BCUT2D eigenvalue weighted by atomic mass is 16.3. The second-order valence-electron chi connectivity index (χ2n) is 5.79. The van der Waals surface area contributed by atoms with E-state index in [0.717, 1.165) is 11.0 Å². The molecule has 0 aliphatic carbocycles. The normalized spacial score (nSPS) is 15.4. The van der Waals surface area contributed by atoms with Crippen molar-refractivity contribution < 1.29 is 5.11 Å². The molecular formula is C14H20N4O. The van der Waals surface area contributed by atoms with Crippen molar-refractivity contribution in [1.82, 2.24) is 15.3 Å². The van der Waals surface area contributed by atoms with E-state index in [9.17, 15) is 5.11 Å². The Morgan fingerprint density at radius 1 is 1.16 bits per heavy atom. The lowest BCUT2D eigenvalue weighted by Crippen LogP contribution is -2.51. The van der Waals surface area contributed by atoms with E-state index in [0.29, 0.717) is 5.56 Å². The van der Waals surface area contributed by atoms with E-state index < -0.39 is 5.72 Å². The number of nitrogens with two attached hydrogens (primary N) is 1. The fourth-order valence-corrected chi connectivity index (χ4v) is 1.73. The number of aromatic nitrogens is 2. The van der Waals surface area contributed by atoms with Gasteiger partial charge < -0.3 is 10.4 Å². The van der Waals surface area contributed by atoms with Gasteiger partial charge in [0.05, 0.1) is 11.0 Å². The van der Waals surface area contributed by atoms with E-state index in [1.54, 1.807) is 24.5 Å². The number of nitrogens with zero attached hydrogens (tertiary/aromatic N) is 2. The Kier molecular flexibility index (Phi) is 3.54. The van der Waals surface area contributed by atoms with Crippen molar-refractivity contribution >= 4 is 11.0 Å². The number of β-amino-alcohol motifs (C(OH)–C–C–N with tert-alkyl or cyclic N) is 1. The number of nitrogens with one attached hydrogen (secondary N) is 1. The average Bonchev–Trinajstić information content (AvgIpc) is 2.35.